The van der Waals surface area contributed by atoms with E-state index in [4.69, 9.17) is 4.42 Å². The molecule has 0 aliphatic carbocycles. The highest BCUT2D eigenvalue weighted by Gasteiger charge is 2.14. The van der Waals surface area contributed by atoms with Crippen LogP contribution in [0, 0.1) is 6.92 Å². The van der Waals surface area contributed by atoms with Crippen LogP contribution < -0.4 is 0 Å². The van der Waals surface area contributed by atoms with Gasteiger partial charge in [0, 0.05) is 5.56 Å². The van der Waals surface area contributed by atoms with Crippen molar-refractivity contribution in [3.05, 3.63) is 60.0 Å². The average molecular weight is 379 g/mol. The lowest BCUT2D eigenvalue weighted by molar-refractivity contribution is 0.528. The third-order valence-electron chi connectivity index (χ3n) is 4.00. The van der Waals surface area contributed by atoms with Crippen molar-refractivity contribution in [1.82, 2.24) is 24.8 Å². The molecule has 0 aliphatic rings. The number of para-hydroxylation sites is 1. The lowest BCUT2D eigenvalue weighted by Crippen LogP contribution is -1.87. The summed E-state index contributed by atoms with van der Waals surface area (Å²) in [7, 11) is 0. The second-order valence-electron chi connectivity index (χ2n) is 5.83. The van der Waals surface area contributed by atoms with Crippen LogP contribution >= 0.6 is 23.1 Å². The minimum Gasteiger partial charge on any atom is -0.420 e. The number of rotatable bonds is 4. The molecule has 0 unspecified atom stereocenters. The molecular formula is C18H13N5OS2. The predicted octanol–water partition coefficient (Wildman–Crippen LogP) is 4.59. The molecule has 0 fully saturated rings. The van der Waals surface area contributed by atoms with Gasteiger partial charge in [0.15, 0.2) is 5.16 Å². The Morgan fingerprint density at radius 3 is 2.73 bits per heavy atom. The van der Waals surface area contributed by atoms with Crippen LogP contribution in [0.4, 0.5) is 0 Å². The summed E-state index contributed by atoms with van der Waals surface area (Å²) >= 11 is 3.17. The summed E-state index contributed by atoms with van der Waals surface area (Å²) in [6.45, 7) is 2.05. The van der Waals surface area contributed by atoms with Crippen LogP contribution in [0.15, 0.2) is 58.1 Å². The van der Waals surface area contributed by atoms with Crippen molar-refractivity contribution in [3.8, 4) is 11.5 Å². The highest BCUT2D eigenvalue weighted by atomic mass is 32.2. The zero-order valence-electron chi connectivity index (χ0n) is 13.8. The van der Waals surface area contributed by atoms with E-state index in [2.05, 4.69) is 36.9 Å². The van der Waals surface area contributed by atoms with Crippen LogP contribution in [0.2, 0.25) is 0 Å². The molecule has 0 atom stereocenters. The van der Waals surface area contributed by atoms with Crippen LogP contribution in [-0.4, -0.2) is 24.8 Å². The molecule has 0 aliphatic heterocycles. The molecule has 0 radical (unpaired) electrons. The molecule has 128 valence electrons. The van der Waals surface area contributed by atoms with Gasteiger partial charge in [-0.05, 0) is 31.2 Å². The van der Waals surface area contributed by atoms with Gasteiger partial charge < -0.3 is 4.42 Å². The van der Waals surface area contributed by atoms with Crippen LogP contribution in [0.25, 0.3) is 26.6 Å². The SMILES string of the molecule is Cc1ccc(-c2nnc(CSc3nnc4sc5ccccc5n34)o2)cc1. The van der Waals surface area contributed by atoms with Gasteiger partial charge in [-0.3, -0.25) is 4.40 Å². The number of thiazole rings is 1. The minimum absolute atomic E-state index is 0.535. The second kappa shape index (κ2) is 6.22. The molecule has 0 amide bonds. The Bertz CT molecular complexity index is 1210. The predicted molar refractivity (Wildman–Crippen MR) is 102 cm³/mol. The summed E-state index contributed by atoms with van der Waals surface area (Å²) < 4.78 is 9.06. The van der Waals surface area contributed by atoms with Crippen molar-refractivity contribution in [2.24, 2.45) is 0 Å². The largest absolute Gasteiger partial charge is 0.420 e. The maximum absolute atomic E-state index is 5.79. The lowest BCUT2D eigenvalue weighted by Gasteiger charge is -1.97. The Hall–Kier alpha value is -2.71. The monoisotopic (exact) mass is 379 g/mol. The fraction of sp³-hybridized carbons (Fsp3) is 0.111. The van der Waals surface area contributed by atoms with E-state index in [-0.39, 0.29) is 0 Å². The molecule has 2 aromatic carbocycles. The molecule has 0 N–H and O–H groups in total. The number of benzene rings is 2. The first-order chi connectivity index (χ1) is 12.8. The van der Waals surface area contributed by atoms with Crippen molar-refractivity contribution in [3.63, 3.8) is 0 Å². The van der Waals surface area contributed by atoms with Crippen molar-refractivity contribution in [2.75, 3.05) is 0 Å². The highest BCUT2D eigenvalue weighted by molar-refractivity contribution is 7.98. The topological polar surface area (TPSA) is 69.1 Å². The second-order valence-corrected chi connectivity index (χ2v) is 7.78. The zero-order valence-corrected chi connectivity index (χ0v) is 15.4. The molecule has 26 heavy (non-hydrogen) atoms. The van der Waals surface area contributed by atoms with Crippen molar-refractivity contribution < 1.29 is 4.42 Å². The molecule has 6 nitrogen and oxygen atoms in total. The normalized spacial score (nSPS) is 11.6. The molecule has 0 saturated carbocycles. The van der Waals surface area contributed by atoms with Gasteiger partial charge in [-0.25, -0.2) is 0 Å². The standard InChI is InChI=1S/C18H13N5OS2/c1-11-6-8-12(9-7-11)16-20-19-15(24-16)10-25-17-21-22-18-23(17)13-4-2-3-5-14(13)26-18/h2-9H,10H2,1H3. The molecule has 0 bridgehead atoms. The zero-order chi connectivity index (χ0) is 17.5. The third-order valence-corrected chi connectivity index (χ3v) is 5.93. The number of aromatic nitrogens is 5. The number of hydrogen-bond donors (Lipinski definition) is 0. The molecule has 0 saturated heterocycles. The first-order valence-corrected chi connectivity index (χ1v) is 9.83. The Balaban J connectivity index is 1.40. The van der Waals surface area contributed by atoms with Gasteiger partial charge in [0.1, 0.15) is 0 Å². The van der Waals surface area contributed by atoms with Gasteiger partial charge in [-0.15, -0.1) is 20.4 Å². The summed E-state index contributed by atoms with van der Waals surface area (Å²) in [6, 6.07) is 16.3. The van der Waals surface area contributed by atoms with E-state index >= 15 is 0 Å². The maximum Gasteiger partial charge on any atom is 0.247 e. The molecule has 3 heterocycles. The first kappa shape index (κ1) is 15.5. The van der Waals surface area contributed by atoms with E-state index in [1.807, 2.05) is 43.3 Å². The Morgan fingerprint density at radius 2 is 1.85 bits per heavy atom. The van der Waals surface area contributed by atoms with E-state index in [1.54, 1.807) is 11.3 Å². The Labute approximate surface area is 156 Å². The van der Waals surface area contributed by atoms with Gasteiger partial charge in [-0.1, -0.05) is 52.9 Å². The average Bonchev–Trinajstić information content (AvgIpc) is 3.36. The molecule has 8 heteroatoms. The third kappa shape index (κ3) is 2.67. The molecule has 3 aromatic heterocycles. The van der Waals surface area contributed by atoms with Gasteiger partial charge in [0.25, 0.3) is 0 Å². The van der Waals surface area contributed by atoms with Crippen LogP contribution in [0.3, 0.4) is 0 Å². The van der Waals surface area contributed by atoms with Crippen LogP contribution in [0.5, 0.6) is 0 Å². The fourth-order valence-corrected chi connectivity index (χ4v) is 4.50. The smallest absolute Gasteiger partial charge is 0.247 e. The summed E-state index contributed by atoms with van der Waals surface area (Å²) in [4.78, 5) is 0.888. The number of hydrogen-bond acceptors (Lipinski definition) is 7. The maximum atomic E-state index is 5.79. The van der Waals surface area contributed by atoms with Crippen molar-refractivity contribution in [2.45, 2.75) is 17.8 Å². The summed E-state index contributed by atoms with van der Waals surface area (Å²) in [5.74, 6) is 1.65. The van der Waals surface area contributed by atoms with E-state index in [0.29, 0.717) is 17.5 Å². The van der Waals surface area contributed by atoms with E-state index < -0.39 is 0 Å². The summed E-state index contributed by atoms with van der Waals surface area (Å²) in [6.07, 6.45) is 0. The number of aryl methyl sites for hydroxylation is 1. The van der Waals surface area contributed by atoms with Crippen molar-refractivity contribution >= 4 is 38.3 Å². The first-order valence-electron chi connectivity index (χ1n) is 8.03. The molecule has 5 rings (SSSR count). The van der Waals surface area contributed by atoms with E-state index in [9.17, 15) is 0 Å². The number of thioether (sulfide) groups is 1. The highest BCUT2D eigenvalue weighted by Crippen LogP contribution is 2.31. The fourth-order valence-electron chi connectivity index (χ4n) is 2.70. The Kier molecular flexibility index (Phi) is 3.72. The van der Waals surface area contributed by atoms with Gasteiger partial charge >= 0.3 is 0 Å². The van der Waals surface area contributed by atoms with E-state index in [1.165, 1.54) is 22.0 Å². The van der Waals surface area contributed by atoms with Gasteiger partial charge in [0.05, 0.1) is 16.0 Å². The van der Waals surface area contributed by atoms with Crippen molar-refractivity contribution in [1.29, 1.82) is 0 Å². The number of fused-ring (bicyclic) bond motifs is 3. The summed E-state index contributed by atoms with van der Waals surface area (Å²) in [5.41, 5.74) is 3.24. The molecular weight excluding hydrogens is 366 g/mol. The lowest BCUT2D eigenvalue weighted by atomic mass is 10.1. The van der Waals surface area contributed by atoms with Gasteiger partial charge in [-0.2, -0.15) is 0 Å². The molecule has 5 aromatic rings. The van der Waals surface area contributed by atoms with Crippen LogP contribution in [0.1, 0.15) is 11.5 Å². The van der Waals surface area contributed by atoms with Gasteiger partial charge in [0.2, 0.25) is 16.7 Å². The minimum atomic E-state index is 0.535. The summed E-state index contributed by atoms with van der Waals surface area (Å²) in [5, 5.41) is 17.7. The quantitative estimate of drug-likeness (QED) is 0.425. The van der Waals surface area contributed by atoms with Crippen LogP contribution in [-0.2, 0) is 5.75 Å². The van der Waals surface area contributed by atoms with E-state index in [0.717, 1.165) is 21.2 Å². The number of nitrogens with zero attached hydrogens (tertiary/aromatic N) is 5. The molecule has 0 spiro atoms. The Morgan fingerprint density at radius 1 is 1.00 bits per heavy atom.